The van der Waals surface area contributed by atoms with E-state index in [0.29, 0.717) is 25.1 Å². The zero-order valence-electron chi connectivity index (χ0n) is 14.4. The molecule has 1 N–H and O–H groups in total. The number of aryl methyl sites for hydroxylation is 1. The topological polar surface area (TPSA) is 76.1 Å². The van der Waals surface area contributed by atoms with E-state index in [-0.39, 0.29) is 19.1 Å². The molecule has 0 radical (unpaired) electrons. The number of carbonyl (C=O) groups is 2. The summed E-state index contributed by atoms with van der Waals surface area (Å²) in [5, 5.41) is 9.51. The Balaban J connectivity index is 2.08. The molecule has 1 amide bonds. The van der Waals surface area contributed by atoms with Gasteiger partial charge in [0, 0.05) is 20.2 Å². The number of hydrogen-bond donors (Lipinski definition) is 1. The summed E-state index contributed by atoms with van der Waals surface area (Å²) in [5.74, 6) is -0.443. The predicted molar refractivity (Wildman–Crippen MR) is 89.0 cm³/mol. The third kappa shape index (κ3) is 3.87. The van der Waals surface area contributed by atoms with Crippen LogP contribution in [0.4, 0.5) is 0 Å². The Bertz CT molecular complexity index is 603. The van der Waals surface area contributed by atoms with Crippen molar-refractivity contribution in [3.63, 3.8) is 0 Å². The minimum atomic E-state index is -1.02. The summed E-state index contributed by atoms with van der Waals surface area (Å²) in [5.41, 5.74) is 0.0347. The summed E-state index contributed by atoms with van der Waals surface area (Å²) >= 11 is 0. The fourth-order valence-electron chi connectivity index (χ4n) is 3.06. The fraction of sp³-hybridized carbons (Fsp3) is 0.556. The van der Waals surface area contributed by atoms with Crippen molar-refractivity contribution < 1.29 is 24.2 Å². The third-order valence-corrected chi connectivity index (χ3v) is 4.45. The van der Waals surface area contributed by atoms with E-state index in [0.717, 1.165) is 5.56 Å². The number of ether oxygens (including phenoxy) is 2. The van der Waals surface area contributed by atoms with Crippen LogP contribution < -0.4 is 4.74 Å². The lowest BCUT2D eigenvalue weighted by molar-refractivity contribution is -0.152. The molecule has 0 aromatic heterocycles. The average Bonchev–Trinajstić information content (AvgIpc) is 2.98. The Morgan fingerprint density at radius 1 is 1.42 bits per heavy atom. The van der Waals surface area contributed by atoms with E-state index in [9.17, 15) is 14.7 Å². The molecule has 6 nitrogen and oxygen atoms in total. The molecule has 1 saturated heterocycles. The molecule has 1 fully saturated rings. The number of carboxylic acid groups (broad SMARTS) is 1. The molecule has 2 atom stereocenters. The largest absolute Gasteiger partial charge is 0.481 e. The van der Waals surface area contributed by atoms with E-state index in [1.165, 1.54) is 7.11 Å². The van der Waals surface area contributed by atoms with E-state index >= 15 is 0 Å². The van der Waals surface area contributed by atoms with Gasteiger partial charge in [0.25, 0.3) is 5.91 Å². The van der Waals surface area contributed by atoms with Crippen LogP contribution in [-0.2, 0) is 14.3 Å². The number of benzene rings is 1. The SMILES string of the molecule is CCC(Oc1cccc(C)c1)C(=O)N1CCC(COC)(C(=O)O)C1. The maximum Gasteiger partial charge on any atom is 0.313 e. The first-order valence-corrected chi connectivity index (χ1v) is 8.16. The van der Waals surface area contributed by atoms with Crippen LogP contribution in [-0.4, -0.2) is 54.8 Å². The minimum absolute atomic E-state index is 0.0989. The lowest BCUT2D eigenvalue weighted by atomic mass is 9.88. The van der Waals surface area contributed by atoms with Gasteiger partial charge in [0.05, 0.1) is 6.61 Å². The number of likely N-dealkylation sites (tertiary alicyclic amines) is 1. The Hall–Kier alpha value is -2.08. The molecule has 1 heterocycles. The van der Waals surface area contributed by atoms with Gasteiger partial charge in [-0.15, -0.1) is 0 Å². The third-order valence-electron chi connectivity index (χ3n) is 4.45. The Labute approximate surface area is 142 Å². The summed E-state index contributed by atoms with van der Waals surface area (Å²) in [4.78, 5) is 25.9. The van der Waals surface area contributed by atoms with Crippen LogP contribution in [0.1, 0.15) is 25.3 Å². The number of aliphatic carboxylic acids is 1. The van der Waals surface area contributed by atoms with Crippen LogP contribution in [0.2, 0.25) is 0 Å². The van der Waals surface area contributed by atoms with Crippen molar-refractivity contribution in [1.29, 1.82) is 0 Å². The highest BCUT2D eigenvalue weighted by atomic mass is 16.5. The van der Waals surface area contributed by atoms with Gasteiger partial charge in [-0.2, -0.15) is 0 Å². The van der Waals surface area contributed by atoms with Crippen LogP contribution in [0.3, 0.4) is 0 Å². The predicted octanol–water partition coefficient (Wildman–Crippen LogP) is 2.10. The van der Waals surface area contributed by atoms with Crippen LogP contribution in [0.5, 0.6) is 5.75 Å². The quantitative estimate of drug-likeness (QED) is 0.826. The molecule has 0 aliphatic carbocycles. The van der Waals surface area contributed by atoms with Crippen molar-refractivity contribution in [2.75, 3.05) is 26.8 Å². The van der Waals surface area contributed by atoms with E-state index in [4.69, 9.17) is 9.47 Å². The minimum Gasteiger partial charge on any atom is -0.481 e. The molecule has 6 heteroatoms. The summed E-state index contributed by atoms with van der Waals surface area (Å²) in [7, 11) is 1.48. The van der Waals surface area contributed by atoms with Gasteiger partial charge >= 0.3 is 5.97 Å². The van der Waals surface area contributed by atoms with Crippen molar-refractivity contribution in [2.45, 2.75) is 32.8 Å². The van der Waals surface area contributed by atoms with Gasteiger partial charge in [-0.3, -0.25) is 9.59 Å². The van der Waals surface area contributed by atoms with Crippen LogP contribution in [0, 0.1) is 12.3 Å². The van der Waals surface area contributed by atoms with E-state index < -0.39 is 17.5 Å². The molecule has 0 spiro atoms. The molecule has 2 unspecified atom stereocenters. The molecule has 132 valence electrons. The van der Waals surface area contributed by atoms with Gasteiger partial charge in [-0.05, 0) is 37.5 Å². The summed E-state index contributed by atoms with van der Waals surface area (Å²) in [6.07, 6.45) is 0.301. The maximum atomic E-state index is 12.7. The average molecular weight is 335 g/mol. The van der Waals surface area contributed by atoms with Gasteiger partial charge in [0.15, 0.2) is 6.10 Å². The van der Waals surface area contributed by atoms with Gasteiger partial charge in [0.2, 0.25) is 0 Å². The number of carboxylic acids is 1. The van der Waals surface area contributed by atoms with E-state index in [2.05, 4.69) is 0 Å². The summed E-state index contributed by atoms with van der Waals surface area (Å²) < 4.78 is 10.9. The lowest BCUT2D eigenvalue weighted by Gasteiger charge is -2.26. The first-order chi connectivity index (χ1) is 11.4. The highest BCUT2D eigenvalue weighted by Crippen LogP contribution is 2.32. The molecule has 1 aromatic rings. The van der Waals surface area contributed by atoms with Crippen LogP contribution in [0.25, 0.3) is 0 Å². The number of amides is 1. The standard InChI is InChI=1S/C18H25NO5/c1-4-15(24-14-7-5-6-13(2)10-14)16(20)19-9-8-18(11-19,12-23-3)17(21)22/h5-7,10,15H,4,8-9,11-12H2,1-3H3,(H,21,22). The highest BCUT2D eigenvalue weighted by Gasteiger charge is 2.47. The monoisotopic (exact) mass is 335 g/mol. The molecule has 1 aliphatic heterocycles. The summed E-state index contributed by atoms with van der Waals surface area (Å²) in [6, 6.07) is 7.54. The smallest absolute Gasteiger partial charge is 0.313 e. The number of rotatable bonds is 7. The van der Waals surface area contributed by atoms with Gasteiger partial charge in [-0.25, -0.2) is 0 Å². The van der Waals surface area contributed by atoms with E-state index in [1.807, 2.05) is 38.1 Å². The van der Waals surface area contributed by atoms with Gasteiger partial charge < -0.3 is 19.5 Å². The molecular formula is C18H25NO5. The van der Waals surface area contributed by atoms with Gasteiger partial charge in [0.1, 0.15) is 11.2 Å². The molecule has 1 aromatic carbocycles. The van der Waals surface area contributed by atoms with Crippen LogP contribution >= 0.6 is 0 Å². The molecular weight excluding hydrogens is 310 g/mol. The molecule has 0 bridgehead atoms. The fourth-order valence-corrected chi connectivity index (χ4v) is 3.06. The normalized spacial score (nSPS) is 21.5. The van der Waals surface area contributed by atoms with Crippen molar-refractivity contribution in [1.82, 2.24) is 4.90 Å². The number of carbonyl (C=O) groups excluding carboxylic acids is 1. The van der Waals surface area contributed by atoms with E-state index in [1.54, 1.807) is 4.90 Å². The Morgan fingerprint density at radius 3 is 2.75 bits per heavy atom. The second kappa shape index (κ2) is 7.66. The van der Waals surface area contributed by atoms with Crippen LogP contribution in [0.15, 0.2) is 24.3 Å². The molecule has 1 aliphatic rings. The number of hydrogen-bond acceptors (Lipinski definition) is 4. The first-order valence-electron chi connectivity index (χ1n) is 8.16. The zero-order valence-corrected chi connectivity index (χ0v) is 14.4. The summed E-state index contributed by atoms with van der Waals surface area (Å²) in [6.45, 7) is 4.50. The zero-order chi connectivity index (χ0) is 17.7. The highest BCUT2D eigenvalue weighted by molar-refractivity contribution is 5.84. The van der Waals surface area contributed by atoms with Crippen molar-refractivity contribution in [3.8, 4) is 5.75 Å². The lowest BCUT2D eigenvalue weighted by Crippen LogP contribution is -2.44. The number of nitrogens with zero attached hydrogens (tertiary/aromatic N) is 1. The second-order valence-corrected chi connectivity index (χ2v) is 6.36. The van der Waals surface area contributed by atoms with Crippen molar-refractivity contribution in [3.05, 3.63) is 29.8 Å². The van der Waals surface area contributed by atoms with Crippen molar-refractivity contribution in [2.24, 2.45) is 5.41 Å². The van der Waals surface area contributed by atoms with Crippen molar-refractivity contribution >= 4 is 11.9 Å². The molecule has 0 saturated carbocycles. The first kappa shape index (κ1) is 18.3. The Morgan fingerprint density at radius 2 is 2.17 bits per heavy atom. The Kier molecular flexibility index (Phi) is 5.83. The second-order valence-electron chi connectivity index (χ2n) is 6.36. The van der Waals surface area contributed by atoms with Gasteiger partial charge in [-0.1, -0.05) is 19.1 Å². The molecule has 2 rings (SSSR count). The molecule has 24 heavy (non-hydrogen) atoms. The number of methoxy groups -OCH3 is 1. The maximum absolute atomic E-state index is 12.7.